The van der Waals surface area contributed by atoms with Gasteiger partial charge in [-0.15, -0.1) is 0 Å². The predicted octanol–water partition coefficient (Wildman–Crippen LogP) is 15.9. The zero-order valence-electron chi connectivity index (χ0n) is 32.7. The van der Waals surface area contributed by atoms with Crippen molar-refractivity contribution in [3.05, 3.63) is 223 Å². The van der Waals surface area contributed by atoms with Crippen LogP contribution in [-0.4, -0.2) is 0 Å². The lowest BCUT2D eigenvalue weighted by Gasteiger charge is -2.28. The van der Waals surface area contributed by atoms with Crippen LogP contribution in [0.1, 0.15) is 25.0 Å². The molecule has 10 aromatic carbocycles. The lowest BCUT2D eigenvalue weighted by atomic mass is 9.82. The summed E-state index contributed by atoms with van der Waals surface area (Å²) >= 11 is 0. The first-order valence-corrected chi connectivity index (χ1v) is 20.2. The van der Waals surface area contributed by atoms with Gasteiger partial charge in [0.15, 0.2) is 0 Å². The van der Waals surface area contributed by atoms with Crippen molar-refractivity contribution in [3.8, 4) is 44.5 Å². The van der Waals surface area contributed by atoms with Gasteiger partial charge in [-0.1, -0.05) is 178 Å². The molecule has 1 aliphatic rings. The van der Waals surface area contributed by atoms with Crippen LogP contribution in [0.25, 0.3) is 76.8 Å². The Morgan fingerprint density at radius 1 is 0.293 bits per heavy atom. The van der Waals surface area contributed by atoms with Crippen molar-refractivity contribution in [1.82, 2.24) is 0 Å². The Morgan fingerprint density at radius 2 is 0.793 bits per heavy atom. The van der Waals surface area contributed by atoms with E-state index in [0.717, 1.165) is 17.1 Å². The van der Waals surface area contributed by atoms with Gasteiger partial charge in [0.05, 0.1) is 0 Å². The lowest BCUT2D eigenvalue weighted by molar-refractivity contribution is 0.660. The van der Waals surface area contributed by atoms with Crippen LogP contribution in [-0.2, 0) is 5.41 Å². The summed E-state index contributed by atoms with van der Waals surface area (Å²) in [5.74, 6) is 0. The first kappa shape index (κ1) is 34.1. The average molecular weight is 740 g/mol. The summed E-state index contributed by atoms with van der Waals surface area (Å²) in [6, 6.07) is 78.2. The number of anilines is 3. The molecule has 0 bridgehead atoms. The van der Waals surface area contributed by atoms with Gasteiger partial charge in [-0.2, -0.15) is 0 Å². The summed E-state index contributed by atoms with van der Waals surface area (Å²) in [6.45, 7) is 4.71. The van der Waals surface area contributed by atoms with Crippen LogP contribution in [0.3, 0.4) is 0 Å². The van der Waals surface area contributed by atoms with Crippen molar-refractivity contribution in [3.63, 3.8) is 0 Å². The van der Waals surface area contributed by atoms with Crippen molar-refractivity contribution < 1.29 is 0 Å². The molecule has 11 rings (SSSR count). The van der Waals surface area contributed by atoms with E-state index in [-0.39, 0.29) is 5.41 Å². The second-order valence-electron chi connectivity index (χ2n) is 16.2. The first-order valence-electron chi connectivity index (χ1n) is 20.2. The van der Waals surface area contributed by atoms with Crippen molar-refractivity contribution in [1.29, 1.82) is 0 Å². The fraction of sp³-hybridized carbons (Fsp3) is 0.0526. The third-order valence-electron chi connectivity index (χ3n) is 12.5. The fourth-order valence-corrected chi connectivity index (χ4v) is 9.39. The smallest absolute Gasteiger partial charge is 0.0465 e. The van der Waals surface area contributed by atoms with Crippen LogP contribution in [0.4, 0.5) is 17.1 Å². The van der Waals surface area contributed by atoms with E-state index in [1.807, 2.05) is 0 Å². The van der Waals surface area contributed by atoms with Gasteiger partial charge in [0, 0.05) is 22.5 Å². The highest BCUT2D eigenvalue weighted by Gasteiger charge is 2.35. The Bertz CT molecular complexity index is 3170. The monoisotopic (exact) mass is 739 g/mol. The maximum absolute atomic E-state index is 2.42. The Morgan fingerprint density at radius 3 is 1.52 bits per heavy atom. The molecule has 1 heteroatoms. The van der Waals surface area contributed by atoms with Gasteiger partial charge < -0.3 is 4.90 Å². The van der Waals surface area contributed by atoms with Crippen molar-refractivity contribution in [2.24, 2.45) is 0 Å². The van der Waals surface area contributed by atoms with Gasteiger partial charge in [0.2, 0.25) is 0 Å². The van der Waals surface area contributed by atoms with Crippen LogP contribution < -0.4 is 4.90 Å². The Kier molecular flexibility index (Phi) is 7.91. The normalized spacial score (nSPS) is 12.8. The van der Waals surface area contributed by atoms with Gasteiger partial charge in [-0.3, -0.25) is 0 Å². The average Bonchev–Trinajstić information content (AvgIpc) is 3.52. The number of nitrogens with zero attached hydrogens (tertiary/aromatic N) is 1. The maximum atomic E-state index is 2.42. The quantitative estimate of drug-likeness (QED) is 0.154. The van der Waals surface area contributed by atoms with Gasteiger partial charge in [0.25, 0.3) is 0 Å². The molecular weight excluding hydrogens is 699 g/mol. The predicted molar refractivity (Wildman–Crippen MR) is 248 cm³/mol. The largest absolute Gasteiger partial charge is 0.310 e. The minimum Gasteiger partial charge on any atom is -0.310 e. The summed E-state index contributed by atoms with van der Waals surface area (Å²) < 4.78 is 0. The van der Waals surface area contributed by atoms with Crippen molar-refractivity contribution >= 4 is 49.4 Å². The Balaban J connectivity index is 0.980. The number of benzene rings is 10. The van der Waals surface area contributed by atoms with E-state index >= 15 is 0 Å². The highest BCUT2D eigenvalue weighted by atomic mass is 15.1. The van der Waals surface area contributed by atoms with E-state index in [1.54, 1.807) is 0 Å². The summed E-state index contributed by atoms with van der Waals surface area (Å²) in [5.41, 5.74) is 16.0. The fourth-order valence-electron chi connectivity index (χ4n) is 9.39. The number of rotatable bonds is 6. The van der Waals surface area contributed by atoms with Crippen LogP contribution >= 0.6 is 0 Å². The molecule has 10 aromatic rings. The molecule has 0 heterocycles. The summed E-state index contributed by atoms with van der Waals surface area (Å²) in [4.78, 5) is 2.41. The highest BCUT2D eigenvalue weighted by Crippen LogP contribution is 2.51. The molecular formula is C57H41N. The van der Waals surface area contributed by atoms with Gasteiger partial charge in [0.1, 0.15) is 0 Å². The molecule has 0 aliphatic heterocycles. The Hall–Kier alpha value is -7.22. The van der Waals surface area contributed by atoms with E-state index in [9.17, 15) is 0 Å². The molecule has 274 valence electrons. The summed E-state index contributed by atoms with van der Waals surface area (Å²) in [5, 5.41) is 7.62. The number of fused-ring (bicyclic) bond motifs is 7. The molecule has 0 saturated heterocycles. The maximum Gasteiger partial charge on any atom is 0.0465 e. The summed E-state index contributed by atoms with van der Waals surface area (Å²) in [7, 11) is 0. The zero-order chi connectivity index (χ0) is 38.8. The lowest BCUT2D eigenvalue weighted by Crippen LogP contribution is -2.16. The highest BCUT2D eigenvalue weighted by molar-refractivity contribution is 6.13. The Labute approximate surface area is 340 Å². The minimum atomic E-state index is -0.0997. The van der Waals surface area contributed by atoms with Gasteiger partial charge in [-0.05, 0) is 136 Å². The molecule has 0 fully saturated rings. The third kappa shape index (κ3) is 5.62. The molecule has 0 amide bonds. The second-order valence-corrected chi connectivity index (χ2v) is 16.2. The molecule has 0 N–H and O–H groups in total. The molecule has 0 aromatic heterocycles. The van der Waals surface area contributed by atoms with Crippen molar-refractivity contribution in [2.45, 2.75) is 19.3 Å². The molecule has 58 heavy (non-hydrogen) atoms. The minimum absolute atomic E-state index is 0.0997. The van der Waals surface area contributed by atoms with Crippen LogP contribution in [0.15, 0.2) is 212 Å². The van der Waals surface area contributed by atoms with E-state index < -0.39 is 0 Å². The van der Waals surface area contributed by atoms with Crippen LogP contribution in [0.5, 0.6) is 0 Å². The molecule has 0 saturated carbocycles. The van der Waals surface area contributed by atoms with Gasteiger partial charge in [-0.25, -0.2) is 0 Å². The molecule has 0 radical (unpaired) electrons. The van der Waals surface area contributed by atoms with E-state index in [1.165, 1.54) is 88.0 Å². The summed E-state index contributed by atoms with van der Waals surface area (Å²) in [6.07, 6.45) is 0. The zero-order valence-corrected chi connectivity index (χ0v) is 32.7. The topological polar surface area (TPSA) is 3.24 Å². The molecule has 0 atom stereocenters. The molecule has 1 aliphatic carbocycles. The van der Waals surface area contributed by atoms with Crippen LogP contribution in [0, 0.1) is 0 Å². The van der Waals surface area contributed by atoms with E-state index in [4.69, 9.17) is 0 Å². The van der Waals surface area contributed by atoms with Crippen LogP contribution in [0.2, 0.25) is 0 Å². The third-order valence-corrected chi connectivity index (χ3v) is 12.5. The first-order chi connectivity index (χ1) is 28.5. The molecule has 0 spiro atoms. The number of hydrogen-bond acceptors (Lipinski definition) is 1. The van der Waals surface area contributed by atoms with Crippen molar-refractivity contribution in [2.75, 3.05) is 4.90 Å². The van der Waals surface area contributed by atoms with Gasteiger partial charge >= 0.3 is 0 Å². The standard InChI is InChI=1S/C57H41N/c1-57(2)55-18-10-9-17-52(55)53-34-33-48(37-56(53)57)58(47-31-27-42(28-32-47)54-36-45-13-5-6-14-49(45)50-15-7-8-16-51(50)54)46-29-25-40(26-30-46)39-19-21-41(22-20-39)44-24-23-38-11-3-4-12-43(38)35-44/h3-37H,1-2H3. The van der Waals surface area contributed by atoms with E-state index in [0.29, 0.717) is 0 Å². The number of hydrogen-bond donors (Lipinski definition) is 0. The van der Waals surface area contributed by atoms with E-state index in [2.05, 4.69) is 231 Å². The molecule has 1 nitrogen and oxygen atoms in total. The SMILES string of the molecule is CC1(C)c2ccccc2-c2ccc(N(c3ccc(-c4ccc(-c5ccc6ccccc6c5)cc4)cc3)c3ccc(-c4cc5ccccc5c5ccccc45)cc3)cc21. The molecule has 0 unspecified atom stereocenters. The second kappa shape index (κ2) is 13.5.